The van der Waals surface area contributed by atoms with Gasteiger partial charge in [-0.05, 0) is 35.7 Å². The van der Waals surface area contributed by atoms with Crippen molar-refractivity contribution in [3.63, 3.8) is 0 Å². The Morgan fingerprint density at radius 1 is 1.18 bits per heavy atom. The lowest BCUT2D eigenvalue weighted by Crippen LogP contribution is -2.23. The molecule has 3 heterocycles. The molecule has 4 aromatic rings. The molecule has 0 saturated carbocycles. The number of nitrogens with zero attached hydrogens (tertiary/aromatic N) is 3. The van der Waals surface area contributed by atoms with Gasteiger partial charge in [-0.3, -0.25) is 9.59 Å². The van der Waals surface area contributed by atoms with Crippen LogP contribution in [-0.4, -0.2) is 38.3 Å². The first kappa shape index (κ1) is 21.5. The van der Waals surface area contributed by atoms with Crippen molar-refractivity contribution in [1.82, 2.24) is 20.1 Å². The molecule has 1 atom stereocenters. The summed E-state index contributed by atoms with van der Waals surface area (Å²) in [6.45, 7) is 3.11. The van der Waals surface area contributed by atoms with E-state index in [0.29, 0.717) is 36.2 Å². The van der Waals surface area contributed by atoms with Crippen molar-refractivity contribution in [3.05, 3.63) is 77.3 Å². The normalized spacial score (nSPS) is 14.8. The summed E-state index contributed by atoms with van der Waals surface area (Å²) < 4.78 is 5.82. The minimum absolute atomic E-state index is 0.0276. The van der Waals surface area contributed by atoms with Gasteiger partial charge in [0.05, 0.1) is 6.54 Å². The zero-order valence-electron chi connectivity index (χ0n) is 18.3. The molecule has 1 saturated heterocycles. The van der Waals surface area contributed by atoms with Crippen LogP contribution < -0.4 is 0 Å². The fourth-order valence-electron chi connectivity index (χ4n) is 4.24. The van der Waals surface area contributed by atoms with Crippen molar-refractivity contribution >= 4 is 34.4 Å². The highest BCUT2D eigenvalue weighted by atomic mass is 32.2. The standard InChI is InChI=1S/C25H24N4O3S/c1-2-16-10-6-11-18-19(14-26-22(16)18)23(31)24(17-8-4-3-5-9-17)33-25-28-27-20(32-25)15-29-13-7-12-21(29)30/h3-6,8-11,14,24,26H,2,7,12-13,15H2,1H3/t24-/m1/s1. The van der Waals surface area contributed by atoms with Crippen molar-refractivity contribution in [2.75, 3.05) is 6.54 Å². The number of ketones is 1. The molecule has 0 bridgehead atoms. The van der Waals surface area contributed by atoms with Crippen LogP contribution in [0.5, 0.6) is 0 Å². The van der Waals surface area contributed by atoms with E-state index >= 15 is 0 Å². The highest BCUT2D eigenvalue weighted by molar-refractivity contribution is 8.00. The lowest BCUT2D eigenvalue weighted by atomic mass is 10.0. The molecule has 1 fully saturated rings. The number of fused-ring (bicyclic) bond motifs is 1. The Kier molecular flexibility index (Phi) is 6.00. The molecule has 0 unspecified atom stereocenters. The van der Waals surface area contributed by atoms with Crippen molar-refractivity contribution in [1.29, 1.82) is 0 Å². The Morgan fingerprint density at radius 2 is 2.03 bits per heavy atom. The number of carbonyl (C=O) groups excluding carboxylic acids is 2. The first-order valence-electron chi connectivity index (χ1n) is 11.1. The first-order chi connectivity index (χ1) is 16.1. The number of benzene rings is 2. The van der Waals surface area contributed by atoms with Gasteiger partial charge in [0, 0.05) is 35.6 Å². The fraction of sp³-hybridized carbons (Fsp3) is 0.280. The molecular formula is C25H24N4O3S. The number of likely N-dealkylation sites (tertiary alicyclic amines) is 1. The van der Waals surface area contributed by atoms with E-state index in [2.05, 4.69) is 28.2 Å². The van der Waals surface area contributed by atoms with E-state index in [-0.39, 0.29) is 11.7 Å². The molecule has 1 N–H and O–H groups in total. The van der Waals surface area contributed by atoms with Crippen molar-refractivity contribution in [2.45, 2.75) is 43.2 Å². The number of H-pyrrole nitrogens is 1. The van der Waals surface area contributed by atoms with Gasteiger partial charge in [0.25, 0.3) is 5.22 Å². The van der Waals surface area contributed by atoms with Crippen LogP contribution in [0.2, 0.25) is 0 Å². The van der Waals surface area contributed by atoms with Gasteiger partial charge in [-0.2, -0.15) is 0 Å². The van der Waals surface area contributed by atoms with Crippen LogP contribution in [0.25, 0.3) is 10.9 Å². The largest absolute Gasteiger partial charge is 0.414 e. The van der Waals surface area contributed by atoms with E-state index in [1.54, 1.807) is 11.1 Å². The van der Waals surface area contributed by atoms with Gasteiger partial charge in [0.2, 0.25) is 11.8 Å². The van der Waals surface area contributed by atoms with E-state index in [9.17, 15) is 9.59 Å². The molecule has 1 aliphatic heterocycles. The van der Waals surface area contributed by atoms with Crippen molar-refractivity contribution in [2.24, 2.45) is 0 Å². The molecule has 1 amide bonds. The third-order valence-electron chi connectivity index (χ3n) is 5.95. The summed E-state index contributed by atoms with van der Waals surface area (Å²) in [6, 6.07) is 15.7. The number of aromatic amines is 1. The van der Waals surface area contributed by atoms with Crippen molar-refractivity contribution in [3.8, 4) is 0 Å². The van der Waals surface area contributed by atoms with Crippen LogP contribution in [0.4, 0.5) is 0 Å². The van der Waals surface area contributed by atoms with Gasteiger partial charge >= 0.3 is 0 Å². The zero-order chi connectivity index (χ0) is 22.8. The topological polar surface area (TPSA) is 92.1 Å². The third kappa shape index (κ3) is 4.30. The highest BCUT2D eigenvalue weighted by Gasteiger charge is 2.29. The average molecular weight is 461 g/mol. The van der Waals surface area contributed by atoms with Gasteiger partial charge in [0.1, 0.15) is 5.25 Å². The van der Waals surface area contributed by atoms with Crippen LogP contribution in [-0.2, 0) is 17.8 Å². The highest BCUT2D eigenvalue weighted by Crippen LogP contribution is 2.39. The molecule has 168 valence electrons. The Morgan fingerprint density at radius 3 is 2.79 bits per heavy atom. The van der Waals surface area contributed by atoms with Crippen LogP contribution in [0, 0.1) is 0 Å². The number of thioether (sulfide) groups is 1. The number of hydrogen-bond acceptors (Lipinski definition) is 6. The van der Waals surface area contributed by atoms with Gasteiger partial charge < -0.3 is 14.3 Å². The zero-order valence-corrected chi connectivity index (χ0v) is 19.1. The molecule has 7 nitrogen and oxygen atoms in total. The van der Waals surface area contributed by atoms with E-state index in [4.69, 9.17) is 4.42 Å². The fourth-order valence-corrected chi connectivity index (χ4v) is 5.20. The summed E-state index contributed by atoms with van der Waals surface area (Å²) in [5.41, 5.74) is 3.68. The number of aryl methyl sites for hydroxylation is 1. The van der Waals surface area contributed by atoms with E-state index in [1.807, 2.05) is 42.5 Å². The van der Waals surface area contributed by atoms with E-state index in [1.165, 1.54) is 17.3 Å². The third-order valence-corrected chi connectivity index (χ3v) is 7.04. The Hall–Kier alpha value is -3.39. The molecule has 0 spiro atoms. The number of rotatable bonds is 8. The van der Waals surface area contributed by atoms with E-state index < -0.39 is 5.25 Å². The van der Waals surface area contributed by atoms with Crippen LogP contribution in [0.15, 0.2) is 64.4 Å². The monoisotopic (exact) mass is 460 g/mol. The molecule has 2 aromatic carbocycles. The molecule has 1 aliphatic rings. The number of Topliss-reactive ketones (excluding diaryl/α,β-unsaturated/α-hetero) is 1. The smallest absolute Gasteiger partial charge is 0.277 e. The van der Waals surface area contributed by atoms with E-state index in [0.717, 1.165) is 29.3 Å². The lowest BCUT2D eigenvalue weighted by Gasteiger charge is -2.14. The minimum Gasteiger partial charge on any atom is -0.414 e. The Bertz CT molecular complexity index is 1300. The second-order valence-corrected chi connectivity index (χ2v) is 9.11. The van der Waals surface area contributed by atoms with Gasteiger partial charge in [0.15, 0.2) is 5.78 Å². The summed E-state index contributed by atoms with van der Waals surface area (Å²) in [4.78, 5) is 30.7. The quantitative estimate of drug-likeness (QED) is 0.295. The summed E-state index contributed by atoms with van der Waals surface area (Å²) >= 11 is 1.24. The maximum Gasteiger partial charge on any atom is 0.277 e. The van der Waals surface area contributed by atoms with Crippen LogP contribution >= 0.6 is 11.8 Å². The second-order valence-electron chi connectivity index (χ2n) is 8.05. The molecule has 0 aliphatic carbocycles. The Labute approximate surface area is 195 Å². The molecule has 2 aromatic heterocycles. The summed E-state index contributed by atoms with van der Waals surface area (Å²) in [7, 11) is 0. The molecule has 8 heteroatoms. The van der Waals surface area contributed by atoms with Crippen LogP contribution in [0.1, 0.15) is 52.4 Å². The van der Waals surface area contributed by atoms with Gasteiger partial charge in [-0.25, -0.2) is 0 Å². The predicted octanol–water partition coefficient (Wildman–Crippen LogP) is 4.95. The second kappa shape index (κ2) is 9.23. The number of para-hydroxylation sites is 1. The molecule has 5 rings (SSSR count). The summed E-state index contributed by atoms with van der Waals surface area (Å²) in [5, 5.41) is 8.94. The SMILES string of the molecule is CCc1cccc2c(C(=O)[C@H](Sc3nnc(CN4CCCC4=O)o3)c3ccccc3)c[nH]c12. The van der Waals surface area contributed by atoms with Crippen molar-refractivity contribution < 1.29 is 14.0 Å². The lowest BCUT2D eigenvalue weighted by molar-refractivity contribution is -0.128. The molecule has 0 radical (unpaired) electrons. The number of carbonyl (C=O) groups is 2. The Balaban J connectivity index is 1.44. The van der Waals surface area contributed by atoms with Gasteiger partial charge in [-0.15, -0.1) is 10.2 Å². The minimum atomic E-state index is -0.544. The first-order valence-corrected chi connectivity index (χ1v) is 12.0. The summed E-state index contributed by atoms with van der Waals surface area (Å²) in [5.74, 6) is 0.456. The average Bonchev–Trinajstić information content (AvgIpc) is 3.58. The predicted molar refractivity (Wildman–Crippen MR) is 126 cm³/mol. The van der Waals surface area contributed by atoms with Crippen LogP contribution in [0.3, 0.4) is 0 Å². The van der Waals surface area contributed by atoms with Gasteiger partial charge in [-0.1, -0.05) is 55.5 Å². The number of aromatic nitrogens is 3. The number of hydrogen-bond donors (Lipinski definition) is 1. The number of amides is 1. The molecular weight excluding hydrogens is 436 g/mol. The summed E-state index contributed by atoms with van der Waals surface area (Å²) in [6.07, 6.45) is 4.09. The molecule has 33 heavy (non-hydrogen) atoms. The maximum atomic E-state index is 13.8. The maximum absolute atomic E-state index is 13.8. The number of nitrogens with one attached hydrogen (secondary N) is 1.